The van der Waals surface area contributed by atoms with Crippen LogP contribution >= 0.6 is 11.6 Å². The maximum atomic E-state index is 12.6. The van der Waals surface area contributed by atoms with E-state index in [1.54, 1.807) is 18.2 Å². The van der Waals surface area contributed by atoms with Gasteiger partial charge < -0.3 is 18.5 Å². The highest BCUT2D eigenvalue weighted by molar-refractivity contribution is 6.31. The minimum atomic E-state index is -0.603. The number of carbonyl (C=O) groups is 1. The summed E-state index contributed by atoms with van der Waals surface area (Å²) in [6.07, 6.45) is 1.26. The molecule has 0 spiro atoms. The summed E-state index contributed by atoms with van der Waals surface area (Å²) in [5, 5.41) is 15.8. The Bertz CT molecular complexity index is 1770. The van der Waals surface area contributed by atoms with Crippen LogP contribution in [0, 0.1) is 24.0 Å². The Labute approximate surface area is 252 Å². The van der Waals surface area contributed by atoms with Gasteiger partial charge in [-0.3, -0.25) is 14.9 Å². The maximum Gasteiger partial charge on any atom is 0.307 e. The van der Waals surface area contributed by atoms with Crippen molar-refractivity contribution in [3.63, 3.8) is 0 Å². The van der Waals surface area contributed by atoms with Crippen LogP contribution in [-0.2, 0) is 13.2 Å². The summed E-state index contributed by atoms with van der Waals surface area (Å²) in [6.45, 7) is 4.36. The molecule has 10 nitrogen and oxygen atoms in total. The molecule has 0 aliphatic rings. The Morgan fingerprint density at radius 2 is 1.72 bits per heavy atom. The third kappa shape index (κ3) is 7.11. The molecule has 0 bridgehead atoms. The van der Waals surface area contributed by atoms with Gasteiger partial charge in [0.05, 0.1) is 11.1 Å². The highest BCUT2D eigenvalue weighted by Crippen LogP contribution is 2.25. The van der Waals surface area contributed by atoms with Crippen LogP contribution in [0.3, 0.4) is 0 Å². The smallest absolute Gasteiger partial charge is 0.307 e. The molecule has 1 amide bonds. The number of aromatic nitrogens is 1. The van der Waals surface area contributed by atoms with Gasteiger partial charge in [-0.1, -0.05) is 29.8 Å². The Morgan fingerprint density at radius 1 is 0.977 bits per heavy atom. The van der Waals surface area contributed by atoms with Crippen LogP contribution in [0.4, 0.5) is 5.69 Å². The maximum absolute atomic E-state index is 12.6. The Kier molecular flexibility index (Phi) is 8.88. The number of hydrogen-bond donors (Lipinski definition) is 1. The summed E-state index contributed by atoms with van der Waals surface area (Å²) in [5.41, 5.74) is 6.58. The number of nitrogens with one attached hydrogen (secondary N) is 1. The zero-order chi connectivity index (χ0) is 30.3. The molecule has 11 heteroatoms. The molecule has 2 heterocycles. The van der Waals surface area contributed by atoms with Crippen LogP contribution in [0.5, 0.6) is 11.5 Å². The van der Waals surface area contributed by atoms with Gasteiger partial charge in [-0.15, -0.1) is 0 Å². The van der Waals surface area contributed by atoms with Gasteiger partial charge in [-0.25, -0.2) is 5.43 Å². The van der Waals surface area contributed by atoms with E-state index in [2.05, 4.69) is 41.1 Å². The second-order valence-corrected chi connectivity index (χ2v) is 9.97. The molecule has 1 N–H and O–H groups in total. The molecule has 0 unspecified atom stereocenters. The fourth-order valence-corrected chi connectivity index (χ4v) is 4.56. The van der Waals surface area contributed by atoms with Crippen LogP contribution in [-0.4, -0.2) is 21.6 Å². The normalized spacial score (nSPS) is 11.0. The Balaban J connectivity index is 1.19. The second-order valence-electron chi connectivity index (χ2n) is 9.56. The largest absolute Gasteiger partial charge is 0.488 e. The number of hydrogen-bond acceptors (Lipinski definition) is 7. The van der Waals surface area contributed by atoms with Gasteiger partial charge in [0, 0.05) is 45.4 Å². The molecule has 0 aliphatic carbocycles. The first-order valence-electron chi connectivity index (χ1n) is 13.2. The van der Waals surface area contributed by atoms with Crippen LogP contribution < -0.4 is 14.9 Å². The van der Waals surface area contributed by atoms with Crippen LogP contribution in [0.2, 0.25) is 5.02 Å². The van der Waals surface area contributed by atoms with Gasteiger partial charge in [-0.05, 0) is 74.5 Å². The van der Waals surface area contributed by atoms with E-state index in [-0.39, 0.29) is 24.7 Å². The first-order chi connectivity index (χ1) is 20.8. The molecule has 43 heavy (non-hydrogen) atoms. The zero-order valence-corrected chi connectivity index (χ0v) is 24.1. The molecule has 218 valence electrons. The van der Waals surface area contributed by atoms with Gasteiger partial charge in [0.15, 0.2) is 5.76 Å². The first kappa shape index (κ1) is 29.2. The van der Waals surface area contributed by atoms with Crippen molar-refractivity contribution >= 4 is 29.4 Å². The molecular weight excluding hydrogens is 572 g/mol. The average molecular weight is 599 g/mol. The first-order valence-corrected chi connectivity index (χ1v) is 13.6. The molecule has 2 aromatic heterocycles. The third-order valence-electron chi connectivity index (χ3n) is 6.55. The van der Waals surface area contributed by atoms with E-state index in [1.807, 2.05) is 36.4 Å². The molecule has 3 aromatic carbocycles. The number of carbonyl (C=O) groups excluding carboxylic acids is 1. The molecule has 0 aliphatic heterocycles. The number of nitro groups is 1. The van der Waals surface area contributed by atoms with Crippen molar-refractivity contribution in [1.82, 2.24) is 9.99 Å². The topological polar surface area (TPSA) is 121 Å². The standard InChI is InChI=1S/C32H27ClN4O6/c1-21-7-8-22(2)36(21)25-9-12-27(13-10-25)41-20-28-14-16-31(43-28)32(38)35-34-18-24-17-26(37(39)40)11-15-30(24)42-19-23-5-3-4-6-29(23)33/h3-18H,19-20H2,1-2H3,(H,35,38)/b34-18+. The number of nitrogens with zero attached hydrogens (tertiary/aromatic N) is 3. The number of hydrazone groups is 1. The van der Waals surface area contributed by atoms with E-state index >= 15 is 0 Å². The lowest BCUT2D eigenvalue weighted by atomic mass is 10.2. The van der Waals surface area contributed by atoms with Crippen molar-refractivity contribution < 1.29 is 23.6 Å². The molecule has 0 saturated carbocycles. The summed E-state index contributed by atoms with van der Waals surface area (Å²) in [7, 11) is 0. The number of halogens is 1. The molecule has 5 aromatic rings. The van der Waals surface area contributed by atoms with Gasteiger partial charge in [0.2, 0.25) is 0 Å². The van der Waals surface area contributed by atoms with E-state index in [0.717, 1.165) is 22.6 Å². The molecule has 0 radical (unpaired) electrons. The number of ether oxygens (including phenoxy) is 2. The summed E-state index contributed by atoms with van der Waals surface area (Å²) in [5.74, 6) is 0.853. The fourth-order valence-electron chi connectivity index (χ4n) is 4.37. The van der Waals surface area contributed by atoms with E-state index < -0.39 is 10.8 Å². The average Bonchev–Trinajstić information content (AvgIpc) is 3.62. The lowest BCUT2D eigenvalue weighted by Gasteiger charge is -2.10. The van der Waals surface area contributed by atoms with E-state index in [4.69, 9.17) is 25.5 Å². The van der Waals surface area contributed by atoms with Crippen LogP contribution in [0.1, 0.15) is 38.8 Å². The lowest BCUT2D eigenvalue weighted by Crippen LogP contribution is -2.17. The number of benzene rings is 3. The summed E-state index contributed by atoms with van der Waals surface area (Å²) in [6, 6.07) is 26.3. The van der Waals surface area contributed by atoms with Crippen molar-refractivity contribution in [1.29, 1.82) is 0 Å². The Morgan fingerprint density at radius 3 is 2.44 bits per heavy atom. The zero-order valence-electron chi connectivity index (χ0n) is 23.3. The summed E-state index contributed by atoms with van der Waals surface area (Å²) in [4.78, 5) is 23.4. The van der Waals surface area contributed by atoms with Gasteiger partial charge in [0.25, 0.3) is 5.69 Å². The quantitative estimate of drug-likeness (QED) is 0.0977. The highest BCUT2D eigenvalue weighted by atomic mass is 35.5. The summed E-state index contributed by atoms with van der Waals surface area (Å²) < 4.78 is 19.4. The van der Waals surface area contributed by atoms with Crippen molar-refractivity contribution in [2.45, 2.75) is 27.1 Å². The number of rotatable bonds is 11. The number of nitro benzene ring substituents is 1. The predicted octanol–water partition coefficient (Wildman–Crippen LogP) is 7.17. The molecule has 0 fully saturated rings. The van der Waals surface area contributed by atoms with Crippen molar-refractivity contribution in [3.8, 4) is 17.2 Å². The highest BCUT2D eigenvalue weighted by Gasteiger charge is 2.14. The van der Waals surface area contributed by atoms with E-state index in [0.29, 0.717) is 27.8 Å². The fraction of sp³-hybridized carbons (Fsp3) is 0.125. The van der Waals surface area contributed by atoms with E-state index in [1.165, 1.54) is 30.5 Å². The van der Waals surface area contributed by atoms with Gasteiger partial charge >= 0.3 is 5.91 Å². The van der Waals surface area contributed by atoms with Crippen molar-refractivity contribution in [2.24, 2.45) is 5.10 Å². The lowest BCUT2D eigenvalue weighted by molar-refractivity contribution is -0.384. The predicted molar refractivity (Wildman–Crippen MR) is 162 cm³/mol. The van der Waals surface area contributed by atoms with Gasteiger partial charge in [-0.2, -0.15) is 5.10 Å². The molecule has 0 saturated heterocycles. The van der Waals surface area contributed by atoms with Crippen LogP contribution in [0.25, 0.3) is 5.69 Å². The van der Waals surface area contributed by atoms with E-state index in [9.17, 15) is 14.9 Å². The minimum absolute atomic E-state index is 0.0268. The van der Waals surface area contributed by atoms with Crippen molar-refractivity contribution in [3.05, 3.63) is 140 Å². The number of furan rings is 1. The Hall–Kier alpha value is -5.35. The number of aryl methyl sites for hydroxylation is 2. The van der Waals surface area contributed by atoms with Gasteiger partial charge in [0.1, 0.15) is 30.5 Å². The van der Waals surface area contributed by atoms with Crippen LogP contribution in [0.15, 0.2) is 101 Å². The SMILES string of the molecule is Cc1ccc(C)n1-c1ccc(OCc2ccc(C(=O)N/N=C/c3cc([N+](=O)[O-])ccc3OCc3ccccc3Cl)o2)cc1. The number of non-ortho nitro benzene ring substituents is 1. The number of amides is 1. The monoisotopic (exact) mass is 598 g/mol. The van der Waals surface area contributed by atoms with Crippen molar-refractivity contribution in [2.75, 3.05) is 0 Å². The molecule has 5 rings (SSSR count). The molecule has 0 atom stereocenters. The second kappa shape index (κ2) is 13.1. The summed E-state index contributed by atoms with van der Waals surface area (Å²) >= 11 is 6.20. The molecular formula is C32H27ClN4O6. The third-order valence-corrected chi connectivity index (χ3v) is 6.92. The minimum Gasteiger partial charge on any atom is -0.488 e.